The lowest BCUT2D eigenvalue weighted by Crippen LogP contribution is -2.45. The molecule has 2 unspecified atom stereocenters. The number of carbonyl (C=O) groups excluding carboxylic acids is 1. The Morgan fingerprint density at radius 1 is 1.31 bits per heavy atom. The molecule has 0 aliphatic carbocycles. The molecule has 2 heterocycles. The van der Waals surface area contributed by atoms with E-state index in [4.69, 9.17) is 15.9 Å². The van der Waals surface area contributed by atoms with E-state index in [9.17, 15) is 13.2 Å². The number of rotatable bonds is 7. The molecule has 158 valence electrons. The van der Waals surface area contributed by atoms with Crippen LogP contribution in [0.1, 0.15) is 30.9 Å². The Labute approximate surface area is 172 Å². The monoisotopic (exact) mass is 420 g/mol. The molecule has 3 rings (SSSR count). The first-order chi connectivity index (χ1) is 13.9. The molecule has 1 aromatic carbocycles. The Bertz CT molecular complexity index is 893. The summed E-state index contributed by atoms with van der Waals surface area (Å²) in [6, 6.07) is 5.29. The first kappa shape index (κ1) is 21.5. The van der Waals surface area contributed by atoms with Crippen molar-refractivity contribution in [2.24, 2.45) is 0 Å². The topological polar surface area (TPSA) is 76.2 Å². The quantitative estimate of drug-likeness (QED) is 0.622. The highest BCUT2D eigenvalue weighted by atomic mass is 32.2. The summed E-state index contributed by atoms with van der Waals surface area (Å²) in [6.07, 6.45) is 7.73. The predicted molar refractivity (Wildman–Crippen MR) is 111 cm³/mol. The van der Waals surface area contributed by atoms with Crippen LogP contribution in [0.4, 0.5) is 0 Å². The van der Waals surface area contributed by atoms with Crippen LogP contribution in [0.2, 0.25) is 0 Å². The number of ether oxygens (including phenoxy) is 2. The summed E-state index contributed by atoms with van der Waals surface area (Å²) in [5, 5.41) is 0. The Morgan fingerprint density at radius 2 is 2.10 bits per heavy atom. The van der Waals surface area contributed by atoms with Crippen LogP contribution in [-0.4, -0.2) is 75.5 Å². The maximum Gasteiger partial charge on any atom is 0.237 e. The maximum atomic E-state index is 13.2. The molecule has 29 heavy (non-hydrogen) atoms. The predicted octanol–water partition coefficient (Wildman–Crippen LogP) is 1.49. The van der Waals surface area contributed by atoms with Crippen LogP contribution in [0.5, 0.6) is 11.5 Å². The minimum Gasteiger partial charge on any atom is -0.497 e. The summed E-state index contributed by atoms with van der Waals surface area (Å²) in [4.78, 5) is 16.9. The third-order valence-corrected chi connectivity index (χ3v) is 7.48. The number of terminal acetylenes is 1. The second-order valence-corrected chi connectivity index (χ2v) is 9.75. The number of likely N-dealkylation sites (tertiary alicyclic amines) is 1. The molecule has 0 bridgehead atoms. The zero-order chi connectivity index (χ0) is 21.0. The van der Waals surface area contributed by atoms with Gasteiger partial charge in [-0.3, -0.25) is 9.69 Å². The Balaban J connectivity index is 1.78. The van der Waals surface area contributed by atoms with E-state index in [0.29, 0.717) is 18.7 Å². The molecule has 2 aliphatic heterocycles. The van der Waals surface area contributed by atoms with Crippen LogP contribution in [0.25, 0.3) is 0 Å². The molecule has 0 spiro atoms. The van der Waals surface area contributed by atoms with Gasteiger partial charge in [-0.1, -0.05) is 5.92 Å². The normalized spacial score (nSPS) is 23.2. The van der Waals surface area contributed by atoms with Crippen LogP contribution < -0.4 is 9.47 Å². The highest BCUT2D eigenvalue weighted by Crippen LogP contribution is 2.39. The highest BCUT2D eigenvalue weighted by Gasteiger charge is 2.36. The molecule has 7 nitrogen and oxygen atoms in total. The molecule has 2 saturated heterocycles. The van der Waals surface area contributed by atoms with E-state index in [1.807, 2.05) is 28.0 Å². The Morgan fingerprint density at radius 3 is 2.72 bits per heavy atom. The van der Waals surface area contributed by atoms with Crippen molar-refractivity contribution in [2.45, 2.75) is 31.3 Å². The Kier molecular flexibility index (Phi) is 6.70. The molecule has 2 atom stereocenters. The number of nitrogens with zero attached hydrogens (tertiary/aromatic N) is 2. The third kappa shape index (κ3) is 4.85. The van der Waals surface area contributed by atoms with Crippen molar-refractivity contribution in [1.29, 1.82) is 0 Å². The summed E-state index contributed by atoms with van der Waals surface area (Å²) in [6.45, 7) is 1.02. The highest BCUT2D eigenvalue weighted by molar-refractivity contribution is 7.91. The van der Waals surface area contributed by atoms with Gasteiger partial charge in [0, 0.05) is 18.2 Å². The fourth-order valence-electron chi connectivity index (χ4n) is 4.25. The van der Waals surface area contributed by atoms with Crippen molar-refractivity contribution in [3.05, 3.63) is 23.8 Å². The molecule has 8 heteroatoms. The van der Waals surface area contributed by atoms with Gasteiger partial charge in [0.05, 0.1) is 44.9 Å². The maximum absolute atomic E-state index is 13.2. The van der Waals surface area contributed by atoms with Gasteiger partial charge in [-0.25, -0.2) is 8.42 Å². The summed E-state index contributed by atoms with van der Waals surface area (Å²) in [5.41, 5.74) is 0.921. The van der Waals surface area contributed by atoms with Gasteiger partial charge in [-0.05, 0) is 37.5 Å². The van der Waals surface area contributed by atoms with Gasteiger partial charge in [-0.15, -0.1) is 6.42 Å². The first-order valence-electron chi connectivity index (χ1n) is 9.78. The van der Waals surface area contributed by atoms with Crippen molar-refractivity contribution >= 4 is 15.7 Å². The SMILES string of the molecule is C#CCN(CC(=O)N1CCCC1c1cc(OC)ccc1OC)C1CCS(=O)(=O)C1. The van der Waals surface area contributed by atoms with Crippen molar-refractivity contribution in [1.82, 2.24) is 9.80 Å². The van der Waals surface area contributed by atoms with Gasteiger partial charge < -0.3 is 14.4 Å². The molecule has 1 aromatic rings. The average Bonchev–Trinajstić information content (AvgIpc) is 3.33. The van der Waals surface area contributed by atoms with Gasteiger partial charge in [0.1, 0.15) is 11.5 Å². The van der Waals surface area contributed by atoms with Crippen LogP contribution in [0, 0.1) is 12.3 Å². The summed E-state index contributed by atoms with van der Waals surface area (Å²) in [7, 11) is 0.171. The summed E-state index contributed by atoms with van der Waals surface area (Å²) >= 11 is 0. The number of amides is 1. The molecule has 0 radical (unpaired) electrons. The lowest BCUT2D eigenvalue weighted by Gasteiger charge is -2.31. The van der Waals surface area contributed by atoms with Crippen molar-refractivity contribution < 1.29 is 22.7 Å². The van der Waals surface area contributed by atoms with Crippen molar-refractivity contribution in [3.63, 3.8) is 0 Å². The van der Waals surface area contributed by atoms with E-state index >= 15 is 0 Å². The fourth-order valence-corrected chi connectivity index (χ4v) is 6.01. The zero-order valence-electron chi connectivity index (χ0n) is 17.0. The molecule has 2 fully saturated rings. The van der Waals surface area contributed by atoms with Gasteiger partial charge >= 0.3 is 0 Å². The lowest BCUT2D eigenvalue weighted by atomic mass is 10.0. The van der Waals surface area contributed by atoms with E-state index < -0.39 is 9.84 Å². The van der Waals surface area contributed by atoms with E-state index in [2.05, 4.69) is 5.92 Å². The number of methoxy groups -OCH3 is 2. The third-order valence-electron chi connectivity index (χ3n) is 5.73. The Hall–Kier alpha value is -2.24. The molecular weight excluding hydrogens is 392 g/mol. The second-order valence-electron chi connectivity index (χ2n) is 7.52. The molecule has 1 amide bonds. The number of hydrogen-bond acceptors (Lipinski definition) is 6. The average molecular weight is 421 g/mol. The van der Waals surface area contributed by atoms with E-state index in [-0.39, 0.29) is 42.6 Å². The minimum atomic E-state index is -3.05. The smallest absolute Gasteiger partial charge is 0.237 e. The number of sulfone groups is 1. The fraction of sp³-hybridized carbons (Fsp3) is 0.571. The molecule has 2 aliphatic rings. The van der Waals surface area contributed by atoms with Crippen molar-refractivity contribution in [2.75, 3.05) is 45.4 Å². The molecule has 0 saturated carbocycles. The molecule has 0 N–H and O–H groups in total. The van der Waals surface area contributed by atoms with Crippen molar-refractivity contribution in [3.8, 4) is 23.8 Å². The lowest BCUT2D eigenvalue weighted by molar-refractivity contribution is -0.133. The van der Waals surface area contributed by atoms with Gasteiger partial charge in [0.25, 0.3) is 0 Å². The minimum absolute atomic E-state index is 0.0445. The largest absolute Gasteiger partial charge is 0.497 e. The van der Waals surface area contributed by atoms with E-state index in [1.54, 1.807) is 14.2 Å². The molecule has 0 aromatic heterocycles. The summed E-state index contributed by atoms with van der Waals surface area (Å²) in [5.74, 6) is 4.17. The van der Waals surface area contributed by atoms with Crippen LogP contribution in [0.3, 0.4) is 0 Å². The van der Waals surface area contributed by atoms with E-state index in [0.717, 1.165) is 24.2 Å². The molecular formula is C21H28N2O5S. The number of hydrogen-bond donors (Lipinski definition) is 0. The van der Waals surface area contributed by atoms with Crippen LogP contribution in [-0.2, 0) is 14.6 Å². The van der Waals surface area contributed by atoms with Crippen LogP contribution >= 0.6 is 0 Å². The number of carbonyl (C=O) groups is 1. The summed E-state index contributed by atoms with van der Waals surface area (Å²) < 4.78 is 34.6. The second kappa shape index (κ2) is 9.06. The van der Waals surface area contributed by atoms with Crippen LogP contribution in [0.15, 0.2) is 18.2 Å². The first-order valence-corrected chi connectivity index (χ1v) is 11.6. The zero-order valence-corrected chi connectivity index (χ0v) is 17.8. The van der Waals surface area contributed by atoms with Gasteiger partial charge in [0.2, 0.25) is 5.91 Å². The van der Waals surface area contributed by atoms with E-state index in [1.165, 1.54) is 0 Å². The van der Waals surface area contributed by atoms with Gasteiger partial charge in [0.15, 0.2) is 9.84 Å². The number of benzene rings is 1. The van der Waals surface area contributed by atoms with Gasteiger partial charge in [-0.2, -0.15) is 0 Å². The standard InChI is InChI=1S/C21H28N2O5S/c1-4-10-22(16-9-12-29(25,26)15-16)14-21(24)23-11-5-6-19(23)18-13-17(27-2)7-8-20(18)28-3/h1,7-8,13,16,19H,5-6,9-12,14-15H2,2-3H3.